The highest BCUT2D eigenvalue weighted by atomic mass is 15.0. The third-order valence-corrected chi connectivity index (χ3v) is 3.36. The Hall–Kier alpha value is -1.81. The van der Waals surface area contributed by atoms with Gasteiger partial charge in [0, 0.05) is 29.8 Å². The summed E-state index contributed by atoms with van der Waals surface area (Å²) in [7, 11) is 0. The van der Waals surface area contributed by atoms with Crippen LogP contribution in [-0.2, 0) is 0 Å². The Morgan fingerprint density at radius 2 is 2.17 bits per heavy atom. The molecule has 0 atom stereocenters. The van der Waals surface area contributed by atoms with Crippen LogP contribution in [0.3, 0.4) is 0 Å². The van der Waals surface area contributed by atoms with Crippen molar-refractivity contribution < 1.29 is 0 Å². The Balaban J connectivity index is 1.74. The predicted molar refractivity (Wildman–Crippen MR) is 73.1 cm³/mol. The van der Waals surface area contributed by atoms with Gasteiger partial charge in [0.15, 0.2) is 0 Å². The van der Waals surface area contributed by atoms with Crippen LogP contribution in [0, 0.1) is 0 Å². The molecule has 1 aromatic carbocycles. The zero-order chi connectivity index (χ0) is 12.2. The first kappa shape index (κ1) is 11.3. The second-order valence-electron chi connectivity index (χ2n) is 4.69. The van der Waals surface area contributed by atoms with Gasteiger partial charge in [-0.05, 0) is 44.1 Å². The van der Waals surface area contributed by atoms with Gasteiger partial charge >= 0.3 is 0 Å². The number of hydrogen-bond acceptors (Lipinski definition) is 3. The molecule has 4 heteroatoms. The summed E-state index contributed by atoms with van der Waals surface area (Å²) in [6.45, 7) is 2.22. The molecule has 1 fully saturated rings. The van der Waals surface area contributed by atoms with Crippen LogP contribution >= 0.6 is 0 Å². The molecule has 3 rings (SSSR count). The minimum Gasteiger partial charge on any atom is -0.382 e. The van der Waals surface area contributed by atoms with Gasteiger partial charge < -0.3 is 15.2 Å². The van der Waals surface area contributed by atoms with Crippen molar-refractivity contribution in [1.29, 1.82) is 0 Å². The maximum Gasteiger partial charge on any atom is 0.0991 e. The Morgan fingerprint density at radius 3 is 2.94 bits per heavy atom. The Morgan fingerprint density at radius 1 is 1.28 bits per heavy atom. The van der Waals surface area contributed by atoms with Crippen LogP contribution in [0.5, 0.6) is 0 Å². The summed E-state index contributed by atoms with van der Waals surface area (Å²) in [5.74, 6) is 0. The van der Waals surface area contributed by atoms with Gasteiger partial charge in [0.05, 0.1) is 6.33 Å². The highest BCUT2D eigenvalue weighted by Crippen LogP contribution is 2.17. The molecule has 4 nitrogen and oxygen atoms in total. The summed E-state index contributed by atoms with van der Waals surface area (Å²) in [6.07, 6.45) is 7.96. The minimum atomic E-state index is 0.587. The van der Waals surface area contributed by atoms with E-state index in [1.54, 1.807) is 6.20 Å². The van der Waals surface area contributed by atoms with Gasteiger partial charge in [-0.25, -0.2) is 4.98 Å². The van der Waals surface area contributed by atoms with Gasteiger partial charge in [-0.15, -0.1) is 0 Å². The first-order valence-corrected chi connectivity index (χ1v) is 6.47. The highest BCUT2D eigenvalue weighted by molar-refractivity contribution is 5.51. The summed E-state index contributed by atoms with van der Waals surface area (Å²) < 4.78 is 2.02. The van der Waals surface area contributed by atoms with E-state index in [0.717, 1.165) is 18.8 Å². The normalized spacial score (nSPS) is 16.7. The molecule has 94 valence electrons. The highest BCUT2D eigenvalue weighted by Gasteiger charge is 2.12. The van der Waals surface area contributed by atoms with Crippen LogP contribution in [0.4, 0.5) is 5.69 Å². The number of benzene rings is 1. The number of nitrogens with zero attached hydrogens (tertiary/aromatic N) is 2. The maximum absolute atomic E-state index is 4.08. The number of imidazole rings is 1. The first-order valence-electron chi connectivity index (χ1n) is 6.47. The topological polar surface area (TPSA) is 41.9 Å². The van der Waals surface area contributed by atoms with Crippen molar-refractivity contribution in [1.82, 2.24) is 14.9 Å². The molecule has 1 saturated heterocycles. The van der Waals surface area contributed by atoms with Crippen LogP contribution in [0.1, 0.15) is 12.8 Å². The van der Waals surface area contributed by atoms with Crippen LogP contribution in [0.2, 0.25) is 0 Å². The predicted octanol–water partition coefficient (Wildman–Crippen LogP) is 2.04. The summed E-state index contributed by atoms with van der Waals surface area (Å²) >= 11 is 0. The third kappa shape index (κ3) is 2.54. The quantitative estimate of drug-likeness (QED) is 0.865. The van der Waals surface area contributed by atoms with E-state index in [9.17, 15) is 0 Å². The standard InChI is InChI=1S/C14H18N4/c1-2-13(17-12-4-6-15-7-5-12)10-14(3-1)18-9-8-16-11-18/h1-3,8-12,15,17H,4-7H2. The summed E-state index contributed by atoms with van der Waals surface area (Å²) in [4.78, 5) is 4.08. The van der Waals surface area contributed by atoms with E-state index >= 15 is 0 Å². The van der Waals surface area contributed by atoms with Crippen molar-refractivity contribution in [2.45, 2.75) is 18.9 Å². The number of nitrogens with one attached hydrogen (secondary N) is 2. The average molecular weight is 242 g/mol. The molecule has 0 radical (unpaired) electrons. The third-order valence-electron chi connectivity index (χ3n) is 3.36. The fraction of sp³-hybridized carbons (Fsp3) is 0.357. The van der Waals surface area contributed by atoms with Crippen LogP contribution in [0.25, 0.3) is 5.69 Å². The molecule has 0 unspecified atom stereocenters. The van der Waals surface area contributed by atoms with Crippen LogP contribution < -0.4 is 10.6 Å². The zero-order valence-corrected chi connectivity index (χ0v) is 10.3. The van der Waals surface area contributed by atoms with E-state index in [1.807, 2.05) is 17.1 Å². The smallest absolute Gasteiger partial charge is 0.0991 e. The number of rotatable bonds is 3. The number of anilines is 1. The van der Waals surface area contributed by atoms with Crippen molar-refractivity contribution in [2.24, 2.45) is 0 Å². The number of piperidine rings is 1. The van der Waals surface area contributed by atoms with Crippen LogP contribution in [0.15, 0.2) is 43.0 Å². The molecule has 0 bridgehead atoms. The first-order chi connectivity index (χ1) is 8.92. The summed E-state index contributed by atoms with van der Waals surface area (Å²) in [6, 6.07) is 9.06. The fourth-order valence-corrected chi connectivity index (χ4v) is 2.37. The lowest BCUT2D eigenvalue weighted by Crippen LogP contribution is -2.35. The largest absolute Gasteiger partial charge is 0.382 e. The van der Waals surface area contributed by atoms with Gasteiger partial charge in [-0.3, -0.25) is 0 Å². The Kier molecular flexibility index (Phi) is 3.28. The van der Waals surface area contributed by atoms with Crippen molar-refractivity contribution in [3.63, 3.8) is 0 Å². The van der Waals surface area contributed by atoms with Gasteiger partial charge in [-0.1, -0.05) is 6.07 Å². The second-order valence-corrected chi connectivity index (χ2v) is 4.69. The molecular formula is C14H18N4. The van der Waals surface area contributed by atoms with Crippen molar-refractivity contribution >= 4 is 5.69 Å². The molecule has 2 heterocycles. The fourth-order valence-electron chi connectivity index (χ4n) is 2.37. The molecule has 1 aromatic heterocycles. The molecule has 1 aliphatic rings. The van der Waals surface area contributed by atoms with E-state index < -0.39 is 0 Å². The van der Waals surface area contributed by atoms with Gasteiger partial charge in [0.2, 0.25) is 0 Å². The molecule has 0 aliphatic carbocycles. The van der Waals surface area contributed by atoms with Gasteiger partial charge in [0.25, 0.3) is 0 Å². The number of hydrogen-bond donors (Lipinski definition) is 2. The minimum absolute atomic E-state index is 0.587. The van der Waals surface area contributed by atoms with E-state index in [2.05, 4.69) is 39.9 Å². The molecule has 2 N–H and O–H groups in total. The number of aromatic nitrogens is 2. The van der Waals surface area contributed by atoms with E-state index in [1.165, 1.54) is 18.5 Å². The van der Waals surface area contributed by atoms with Gasteiger partial charge in [-0.2, -0.15) is 0 Å². The van der Waals surface area contributed by atoms with Gasteiger partial charge in [0.1, 0.15) is 0 Å². The summed E-state index contributed by atoms with van der Waals surface area (Å²) in [5.41, 5.74) is 2.33. The lowest BCUT2D eigenvalue weighted by molar-refractivity contribution is 0.479. The Bertz CT molecular complexity index is 486. The molecule has 1 aliphatic heterocycles. The molecule has 0 amide bonds. The SMILES string of the molecule is c1cc(NC2CCNCC2)cc(-n2ccnc2)c1. The zero-order valence-electron chi connectivity index (χ0n) is 10.3. The van der Waals surface area contributed by atoms with Crippen LogP contribution in [-0.4, -0.2) is 28.7 Å². The molecule has 0 saturated carbocycles. The second kappa shape index (κ2) is 5.23. The van der Waals surface area contributed by atoms with E-state index in [0.29, 0.717) is 6.04 Å². The Labute approximate surface area is 107 Å². The average Bonchev–Trinajstić information content (AvgIpc) is 2.94. The lowest BCUT2D eigenvalue weighted by atomic mass is 10.1. The molecule has 2 aromatic rings. The molecule has 18 heavy (non-hydrogen) atoms. The maximum atomic E-state index is 4.08. The lowest BCUT2D eigenvalue weighted by Gasteiger charge is -2.24. The monoisotopic (exact) mass is 242 g/mol. The van der Waals surface area contributed by atoms with Crippen molar-refractivity contribution in [3.8, 4) is 5.69 Å². The van der Waals surface area contributed by atoms with Crippen molar-refractivity contribution in [3.05, 3.63) is 43.0 Å². The van der Waals surface area contributed by atoms with E-state index in [4.69, 9.17) is 0 Å². The summed E-state index contributed by atoms with van der Waals surface area (Å²) in [5, 5.41) is 6.99. The molecular weight excluding hydrogens is 224 g/mol. The van der Waals surface area contributed by atoms with E-state index in [-0.39, 0.29) is 0 Å². The van der Waals surface area contributed by atoms with Crippen molar-refractivity contribution in [2.75, 3.05) is 18.4 Å². The molecule has 0 spiro atoms.